The van der Waals surface area contributed by atoms with E-state index in [0.29, 0.717) is 11.7 Å². The van der Waals surface area contributed by atoms with Crippen molar-refractivity contribution in [2.45, 2.75) is 24.8 Å². The molecule has 0 unspecified atom stereocenters. The standard InChI is InChI=1S/C22H23N3OS/c1-16-8-7-13-25(14-16)20(26)15-27-22-19-12-6-5-11-18(19)21(23-24-22)17-9-3-2-4-10-17/h2-6,9-12,16H,7-8,13-15H2,1H3/t16-/m0/s1. The van der Waals surface area contributed by atoms with Crippen LogP contribution in [0.2, 0.25) is 0 Å². The van der Waals surface area contributed by atoms with Crippen LogP contribution in [0.15, 0.2) is 59.6 Å². The number of fused-ring (bicyclic) bond motifs is 1. The Morgan fingerprint density at radius 2 is 1.81 bits per heavy atom. The molecule has 4 nitrogen and oxygen atoms in total. The van der Waals surface area contributed by atoms with Crippen LogP contribution in [0.5, 0.6) is 0 Å². The molecular weight excluding hydrogens is 354 g/mol. The Labute approximate surface area is 164 Å². The van der Waals surface area contributed by atoms with Crippen LogP contribution in [0, 0.1) is 5.92 Å². The first-order valence-electron chi connectivity index (χ1n) is 9.44. The highest BCUT2D eigenvalue weighted by molar-refractivity contribution is 8.00. The summed E-state index contributed by atoms with van der Waals surface area (Å²) in [5.74, 6) is 1.21. The van der Waals surface area contributed by atoms with Crippen LogP contribution < -0.4 is 0 Å². The third-order valence-electron chi connectivity index (χ3n) is 5.04. The van der Waals surface area contributed by atoms with Crippen molar-refractivity contribution in [1.29, 1.82) is 0 Å². The SMILES string of the molecule is C[C@H]1CCCN(C(=O)CSc2nnc(-c3ccccc3)c3ccccc23)C1. The molecule has 1 aliphatic rings. The summed E-state index contributed by atoms with van der Waals surface area (Å²) in [6, 6.07) is 18.3. The topological polar surface area (TPSA) is 46.1 Å². The van der Waals surface area contributed by atoms with Gasteiger partial charge in [-0.2, -0.15) is 0 Å². The summed E-state index contributed by atoms with van der Waals surface area (Å²) in [7, 11) is 0. The van der Waals surface area contributed by atoms with Gasteiger partial charge in [0.15, 0.2) is 0 Å². The molecular formula is C22H23N3OS. The molecule has 1 aromatic heterocycles. The first-order valence-corrected chi connectivity index (χ1v) is 10.4. The summed E-state index contributed by atoms with van der Waals surface area (Å²) in [6.07, 6.45) is 2.32. The maximum Gasteiger partial charge on any atom is 0.232 e. The van der Waals surface area contributed by atoms with E-state index in [-0.39, 0.29) is 5.91 Å². The van der Waals surface area contributed by atoms with Gasteiger partial charge >= 0.3 is 0 Å². The van der Waals surface area contributed by atoms with Crippen LogP contribution in [0.1, 0.15) is 19.8 Å². The summed E-state index contributed by atoms with van der Waals surface area (Å²) in [5.41, 5.74) is 1.93. The van der Waals surface area contributed by atoms with Crippen LogP contribution in [0.3, 0.4) is 0 Å². The number of aromatic nitrogens is 2. The summed E-state index contributed by atoms with van der Waals surface area (Å²) in [6.45, 7) is 3.97. The lowest BCUT2D eigenvalue weighted by molar-refractivity contribution is -0.130. The zero-order chi connectivity index (χ0) is 18.6. The number of carbonyl (C=O) groups excluding carboxylic acids is 1. The number of rotatable bonds is 4. The normalized spacial score (nSPS) is 17.2. The van der Waals surface area contributed by atoms with Crippen molar-refractivity contribution in [3.63, 3.8) is 0 Å². The summed E-state index contributed by atoms with van der Waals surface area (Å²) >= 11 is 1.49. The quantitative estimate of drug-likeness (QED) is 0.621. The van der Waals surface area contributed by atoms with Gasteiger partial charge in [-0.3, -0.25) is 4.79 Å². The van der Waals surface area contributed by atoms with Gasteiger partial charge in [-0.25, -0.2) is 0 Å². The lowest BCUT2D eigenvalue weighted by atomic mass is 10.0. The fourth-order valence-electron chi connectivity index (χ4n) is 3.63. The molecule has 4 rings (SSSR count). The molecule has 1 saturated heterocycles. The lowest BCUT2D eigenvalue weighted by Gasteiger charge is -2.30. The number of hydrogen-bond acceptors (Lipinski definition) is 4. The number of hydrogen-bond donors (Lipinski definition) is 0. The first kappa shape index (κ1) is 18.0. The Hall–Kier alpha value is -2.40. The summed E-state index contributed by atoms with van der Waals surface area (Å²) in [5, 5.41) is 11.9. The van der Waals surface area contributed by atoms with Gasteiger partial charge in [0.05, 0.1) is 5.75 Å². The van der Waals surface area contributed by atoms with E-state index < -0.39 is 0 Å². The zero-order valence-corrected chi connectivity index (χ0v) is 16.3. The predicted molar refractivity (Wildman–Crippen MR) is 111 cm³/mol. The van der Waals surface area contributed by atoms with E-state index in [1.54, 1.807) is 0 Å². The van der Waals surface area contributed by atoms with Crippen molar-refractivity contribution in [2.75, 3.05) is 18.8 Å². The van der Waals surface area contributed by atoms with E-state index in [0.717, 1.165) is 46.6 Å². The molecule has 1 atom stereocenters. The molecule has 3 aromatic rings. The smallest absolute Gasteiger partial charge is 0.232 e. The third-order valence-corrected chi connectivity index (χ3v) is 6.01. The maximum atomic E-state index is 12.6. The average Bonchev–Trinajstić information content (AvgIpc) is 2.72. The third kappa shape index (κ3) is 3.98. The van der Waals surface area contributed by atoms with E-state index in [9.17, 15) is 4.79 Å². The van der Waals surface area contributed by atoms with E-state index in [1.807, 2.05) is 47.4 Å². The average molecular weight is 378 g/mol. The van der Waals surface area contributed by atoms with Gasteiger partial charge in [-0.05, 0) is 18.8 Å². The van der Waals surface area contributed by atoms with Crippen molar-refractivity contribution in [3.8, 4) is 11.3 Å². The molecule has 5 heteroatoms. The number of amides is 1. The van der Waals surface area contributed by atoms with Gasteiger partial charge in [0.25, 0.3) is 0 Å². The molecule has 138 valence electrons. The number of piperidine rings is 1. The molecule has 0 bridgehead atoms. The second-order valence-electron chi connectivity index (χ2n) is 7.14. The highest BCUT2D eigenvalue weighted by Gasteiger charge is 2.21. The Bertz CT molecular complexity index is 945. The summed E-state index contributed by atoms with van der Waals surface area (Å²) in [4.78, 5) is 14.6. The minimum absolute atomic E-state index is 0.199. The maximum absolute atomic E-state index is 12.6. The van der Waals surface area contributed by atoms with E-state index in [4.69, 9.17) is 0 Å². The van der Waals surface area contributed by atoms with Crippen LogP contribution in [-0.2, 0) is 4.79 Å². The van der Waals surface area contributed by atoms with E-state index >= 15 is 0 Å². The number of thioether (sulfide) groups is 1. The van der Waals surface area contributed by atoms with Crippen molar-refractivity contribution in [2.24, 2.45) is 5.92 Å². The molecule has 1 aliphatic heterocycles. The molecule has 1 amide bonds. The number of nitrogens with zero attached hydrogens (tertiary/aromatic N) is 3. The van der Waals surface area contributed by atoms with Crippen LogP contribution in [-0.4, -0.2) is 39.8 Å². The fourth-order valence-corrected chi connectivity index (χ4v) is 4.51. The lowest BCUT2D eigenvalue weighted by Crippen LogP contribution is -2.40. The van der Waals surface area contributed by atoms with Crippen molar-refractivity contribution in [1.82, 2.24) is 15.1 Å². The predicted octanol–water partition coefficient (Wildman–Crippen LogP) is 4.65. The number of benzene rings is 2. The molecule has 0 aliphatic carbocycles. The molecule has 2 aromatic carbocycles. The van der Waals surface area contributed by atoms with Crippen LogP contribution >= 0.6 is 11.8 Å². The second-order valence-corrected chi connectivity index (χ2v) is 8.11. The molecule has 0 radical (unpaired) electrons. The largest absolute Gasteiger partial charge is 0.342 e. The second kappa shape index (κ2) is 8.09. The van der Waals surface area contributed by atoms with Crippen molar-refractivity contribution >= 4 is 28.4 Å². The van der Waals surface area contributed by atoms with Crippen molar-refractivity contribution < 1.29 is 4.79 Å². The molecule has 0 spiro atoms. The van der Waals surface area contributed by atoms with Gasteiger partial charge in [0.1, 0.15) is 10.7 Å². The van der Waals surface area contributed by atoms with E-state index in [2.05, 4.69) is 29.3 Å². The zero-order valence-electron chi connectivity index (χ0n) is 15.5. The van der Waals surface area contributed by atoms with Gasteiger partial charge < -0.3 is 4.90 Å². The van der Waals surface area contributed by atoms with Crippen molar-refractivity contribution in [3.05, 3.63) is 54.6 Å². The molecule has 1 fully saturated rings. The van der Waals surface area contributed by atoms with Gasteiger partial charge in [-0.15, -0.1) is 10.2 Å². The number of carbonyl (C=O) groups is 1. The number of likely N-dealkylation sites (tertiary alicyclic amines) is 1. The Balaban J connectivity index is 1.57. The molecule has 2 heterocycles. The monoisotopic (exact) mass is 377 g/mol. The minimum atomic E-state index is 0.199. The Kier molecular flexibility index (Phi) is 5.39. The minimum Gasteiger partial charge on any atom is -0.342 e. The Morgan fingerprint density at radius 3 is 2.59 bits per heavy atom. The van der Waals surface area contributed by atoms with Gasteiger partial charge in [0.2, 0.25) is 5.91 Å². The van der Waals surface area contributed by atoms with E-state index in [1.165, 1.54) is 18.2 Å². The molecule has 0 N–H and O–H groups in total. The summed E-state index contributed by atoms with van der Waals surface area (Å²) < 4.78 is 0. The van der Waals surface area contributed by atoms with Crippen LogP contribution in [0.4, 0.5) is 0 Å². The fraction of sp³-hybridized carbons (Fsp3) is 0.318. The van der Waals surface area contributed by atoms with Gasteiger partial charge in [-0.1, -0.05) is 73.3 Å². The first-order chi connectivity index (χ1) is 13.2. The highest BCUT2D eigenvalue weighted by atomic mass is 32.2. The molecule has 27 heavy (non-hydrogen) atoms. The molecule has 0 saturated carbocycles. The van der Waals surface area contributed by atoms with Crippen LogP contribution in [0.25, 0.3) is 22.0 Å². The Morgan fingerprint density at radius 1 is 1.07 bits per heavy atom. The highest BCUT2D eigenvalue weighted by Crippen LogP contribution is 2.31. The van der Waals surface area contributed by atoms with Gasteiger partial charge in [0, 0.05) is 29.4 Å².